The molecule has 2 rings (SSSR count). The van der Waals surface area contributed by atoms with Crippen LogP contribution in [-0.4, -0.2) is 18.5 Å². The third-order valence-corrected chi connectivity index (χ3v) is 2.77. The van der Waals surface area contributed by atoms with E-state index in [1.165, 1.54) is 18.2 Å². The molecule has 0 heterocycles. The number of para-hydroxylation sites is 1. The smallest absolute Gasteiger partial charge is 0.387 e. The van der Waals surface area contributed by atoms with Crippen LogP contribution in [0.25, 0.3) is 0 Å². The summed E-state index contributed by atoms with van der Waals surface area (Å²) < 4.78 is 34.4. The number of halogens is 3. The molecule has 0 N–H and O–H groups in total. The molecule has 18 heavy (non-hydrogen) atoms. The van der Waals surface area contributed by atoms with E-state index in [2.05, 4.69) is 4.74 Å². The van der Waals surface area contributed by atoms with Gasteiger partial charge in [0.15, 0.2) is 11.5 Å². The van der Waals surface area contributed by atoms with E-state index in [0.717, 1.165) is 12.8 Å². The Kier molecular flexibility index (Phi) is 4.01. The second-order valence-corrected chi connectivity index (χ2v) is 4.38. The molecule has 1 aliphatic rings. The van der Waals surface area contributed by atoms with Crippen LogP contribution in [0.4, 0.5) is 8.78 Å². The summed E-state index contributed by atoms with van der Waals surface area (Å²) in [6.45, 7) is -2.61. The minimum absolute atomic E-state index is 0.119. The lowest BCUT2D eigenvalue weighted by Gasteiger charge is -2.14. The lowest BCUT2D eigenvalue weighted by Crippen LogP contribution is -2.09. The van der Waals surface area contributed by atoms with Crippen molar-refractivity contribution in [3.05, 3.63) is 23.8 Å². The Morgan fingerprint density at radius 1 is 1.44 bits per heavy atom. The van der Waals surface area contributed by atoms with Gasteiger partial charge in [0.05, 0.1) is 12.2 Å². The Balaban J connectivity index is 2.23. The number of hydrogen-bond acceptors (Lipinski definition) is 3. The topological polar surface area (TPSA) is 35.5 Å². The molecular formula is C12H11ClF2O3. The molecule has 0 atom stereocenters. The van der Waals surface area contributed by atoms with Gasteiger partial charge in [0, 0.05) is 0 Å². The van der Waals surface area contributed by atoms with Gasteiger partial charge in [-0.1, -0.05) is 6.07 Å². The number of carbonyl (C=O) groups is 1. The van der Waals surface area contributed by atoms with Gasteiger partial charge in [-0.25, -0.2) is 0 Å². The molecule has 3 nitrogen and oxygen atoms in total. The van der Waals surface area contributed by atoms with E-state index in [1.54, 1.807) is 0 Å². The highest BCUT2D eigenvalue weighted by Crippen LogP contribution is 2.36. The maximum atomic E-state index is 12.3. The summed E-state index contributed by atoms with van der Waals surface area (Å²) in [5.74, 6) is 0.279. The van der Waals surface area contributed by atoms with Crippen molar-refractivity contribution in [2.75, 3.05) is 6.61 Å². The van der Waals surface area contributed by atoms with Crippen LogP contribution in [0, 0.1) is 5.92 Å². The number of rotatable bonds is 6. The van der Waals surface area contributed by atoms with E-state index in [1.807, 2.05) is 0 Å². The summed E-state index contributed by atoms with van der Waals surface area (Å²) >= 11 is 5.32. The number of hydrogen-bond donors (Lipinski definition) is 0. The normalized spacial score (nSPS) is 14.7. The van der Waals surface area contributed by atoms with Crippen LogP contribution in [-0.2, 0) is 0 Å². The first-order valence-electron chi connectivity index (χ1n) is 5.48. The predicted octanol–water partition coefficient (Wildman–Crippen LogP) is 3.46. The summed E-state index contributed by atoms with van der Waals surface area (Å²) in [6.07, 6.45) is 2.14. The number of carbonyl (C=O) groups excluding carboxylic acids is 1. The van der Waals surface area contributed by atoms with E-state index >= 15 is 0 Å². The molecule has 98 valence electrons. The second-order valence-electron chi connectivity index (χ2n) is 4.04. The van der Waals surface area contributed by atoms with Crippen molar-refractivity contribution in [3.8, 4) is 11.5 Å². The van der Waals surface area contributed by atoms with Gasteiger partial charge in [0.2, 0.25) is 0 Å². The zero-order chi connectivity index (χ0) is 13.1. The zero-order valence-electron chi connectivity index (χ0n) is 9.37. The third-order valence-electron chi connectivity index (χ3n) is 2.57. The van der Waals surface area contributed by atoms with Crippen LogP contribution >= 0.6 is 11.6 Å². The fraction of sp³-hybridized carbons (Fsp3) is 0.417. The second kappa shape index (κ2) is 5.52. The van der Waals surface area contributed by atoms with Crippen molar-refractivity contribution >= 4 is 16.8 Å². The molecule has 1 saturated carbocycles. The number of alkyl halides is 2. The van der Waals surface area contributed by atoms with Gasteiger partial charge in [0.1, 0.15) is 0 Å². The molecule has 0 amide bonds. The first-order chi connectivity index (χ1) is 8.58. The van der Waals surface area contributed by atoms with Crippen LogP contribution in [0.2, 0.25) is 0 Å². The highest BCUT2D eigenvalue weighted by molar-refractivity contribution is 6.68. The maximum Gasteiger partial charge on any atom is 0.387 e. The van der Waals surface area contributed by atoms with Crippen molar-refractivity contribution in [2.45, 2.75) is 19.5 Å². The third kappa shape index (κ3) is 3.32. The molecule has 0 unspecified atom stereocenters. The van der Waals surface area contributed by atoms with Gasteiger partial charge in [-0.2, -0.15) is 8.78 Å². The van der Waals surface area contributed by atoms with Gasteiger partial charge in [0.25, 0.3) is 5.24 Å². The lowest BCUT2D eigenvalue weighted by molar-refractivity contribution is -0.0517. The molecule has 0 spiro atoms. The molecule has 0 aliphatic heterocycles. The Morgan fingerprint density at radius 2 is 2.17 bits per heavy atom. The lowest BCUT2D eigenvalue weighted by atomic mass is 10.2. The quantitative estimate of drug-likeness (QED) is 0.747. The van der Waals surface area contributed by atoms with Crippen molar-refractivity contribution in [2.24, 2.45) is 5.92 Å². The van der Waals surface area contributed by atoms with E-state index in [4.69, 9.17) is 16.3 Å². The monoisotopic (exact) mass is 276 g/mol. The van der Waals surface area contributed by atoms with Gasteiger partial charge < -0.3 is 9.47 Å². The standard InChI is InChI=1S/C12H11ClF2O3/c13-11(16)8-2-1-3-9(10(8)18-12(14)15)17-6-7-4-5-7/h1-3,7,12H,4-6H2. The minimum atomic E-state index is -3.04. The Morgan fingerprint density at radius 3 is 2.72 bits per heavy atom. The summed E-state index contributed by atoms with van der Waals surface area (Å²) in [7, 11) is 0. The molecule has 1 fully saturated rings. The Labute approximate surface area is 108 Å². The average Bonchev–Trinajstić information content (AvgIpc) is 3.10. The van der Waals surface area contributed by atoms with Crippen molar-refractivity contribution in [3.63, 3.8) is 0 Å². The fourth-order valence-corrected chi connectivity index (χ4v) is 1.64. The molecule has 1 aromatic carbocycles. The first-order valence-corrected chi connectivity index (χ1v) is 5.86. The molecule has 0 saturated heterocycles. The van der Waals surface area contributed by atoms with E-state index in [0.29, 0.717) is 12.5 Å². The summed E-state index contributed by atoms with van der Waals surface area (Å²) in [4.78, 5) is 11.1. The van der Waals surface area contributed by atoms with Crippen molar-refractivity contribution < 1.29 is 23.0 Å². The average molecular weight is 277 g/mol. The summed E-state index contributed by atoms with van der Waals surface area (Å²) in [6, 6.07) is 4.30. The van der Waals surface area contributed by atoms with Gasteiger partial charge in [-0.15, -0.1) is 0 Å². The SMILES string of the molecule is O=C(Cl)c1cccc(OCC2CC2)c1OC(F)F. The molecule has 1 aromatic rings. The minimum Gasteiger partial charge on any atom is -0.489 e. The molecular weight excluding hydrogens is 266 g/mol. The predicted molar refractivity (Wildman–Crippen MR) is 61.5 cm³/mol. The van der Waals surface area contributed by atoms with Crippen LogP contribution in [0.3, 0.4) is 0 Å². The van der Waals surface area contributed by atoms with Crippen molar-refractivity contribution in [1.29, 1.82) is 0 Å². The highest BCUT2D eigenvalue weighted by atomic mass is 35.5. The number of benzene rings is 1. The molecule has 0 aromatic heterocycles. The first kappa shape index (κ1) is 13.1. The Hall–Kier alpha value is -1.36. The molecule has 0 radical (unpaired) electrons. The van der Waals surface area contributed by atoms with E-state index in [9.17, 15) is 13.6 Å². The van der Waals surface area contributed by atoms with E-state index < -0.39 is 11.9 Å². The van der Waals surface area contributed by atoms with Gasteiger partial charge >= 0.3 is 6.61 Å². The van der Waals surface area contributed by atoms with Crippen LogP contribution in [0.5, 0.6) is 11.5 Å². The molecule has 0 bridgehead atoms. The summed E-state index contributed by atoms with van der Waals surface area (Å²) in [5, 5.41) is -0.859. The zero-order valence-corrected chi connectivity index (χ0v) is 10.1. The maximum absolute atomic E-state index is 12.3. The fourth-order valence-electron chi connectivity index (χ4n) is 1.49. The Bertz CT molecular complexity index is 447. The van der Waals surface area contributed by atoms with Gasteiger partial charge in [-0.3, -0.25) is 4.79 Å². The largest absolute Gasteiger partial charge is 0.489 e. The van der Waals surface area contributed by atoms with Crippen LogP contribution in [0.1, 0.15) is 23.2 Å². The number of ether oxygens (including phenoxy) is 2. The van der Waals surface area contributed by atoms with Gasteiger partial charge in [-0.05, 0) is 42.5 Å². The summed E-state index contributed by atoms with van der Waals surface area (Å²) in [5.41, 5.74) is -0.120. The van der Waals surface area contributed by atoms with E-state index in [-0.39, 0.29) is 17.1 Å². The van der Waals surface area contributed by atoms with Crippen LogP contribution < -0.4 is 9.47 Å². The highest BCUT2D eigenvalue weighted by Gasteiger charge is 2.24. The molecule has 1 aliphatic carbocycles. The van der Waals surface area contributed by atoms with Crippen molar-refractivity contribution in [1.82, 2.24) is 0 Å². The van der Waals surface area contributed by atoms with Crippen LogP contribution in [0.15, 0.2) is 18.2 Å². The molecule has 6 heteroatoms.